The first-order valence-electron chi connectivity index (χ1n) is 4.95. The summed E-state index contributed by atoms with van der Waals surface area (Å²) in [6.45, 7) is 8.09. The van der Waals surface area contributed by atoms with Gasteiger partial charge in [0, 0.05) is 13.1 Å². The van der Waals surface area contributed by atoms with Gasteiger partial charge in [0.2, 0.25) is 0 Å². The van der Waals surface area contributed by atoms with Gasteiger partial charge in [-0.3, -0.25) is 4.91 Å². The zero-order chi connectivity index (χ0) is 12.6. The van der Waals surface area contributed by atoms with Gasteiger partial charge in [-0.2, -0.15) is 0 Å². The summed E-state index contributed by atoms with van der Waals surface area (Å²) < 4.78 is 10.3. The Morgan fingerprint density at radius 3 is 2.06 bits per heavy atom. The largest absolute Gasteiger partial charge is 1.00 e. The first-order valence-corrected chi connectivity index (χ1v) is 4.95. The molecule has 0 radical (unpaired) electrons. The molecule has 0 spiro atoms. The van der Waals surface area contributed by atoms with E-state index in [9.17, 15) is 4.79 Å². The Bertz CT molecular complexity index is 255. The Kier molecular flexibility index (Phi) is 10.6. The van der Waals surface area contributed by atoms with E-state index in [4.69, 9.17) is 20.5 Å². The topological polar surface area (TPSA) is 97.5 Å². The average molecular weight is 252 g/mol. The molecule has 0 aromatic carbocycles. The fourth-order valence-corrected chi connectivity index (χ4v) is 1.07. The molecule has 1 rings (SSSR count). The summed E-state index contributed by atoms with van der Waals surface area (Å²) in [5.74, 6) is 0. The molecule has 1 saturated heterocycles. The Morgan fingerprint density at radius 1 is 1.29 bits per heavy atom. The quantitative estimate of drug-likeness (QED) is 0.242. The molecule has 0 bridgehead atoms. The number of carbonyl (C=O) groups excluding carboxylic acids is 1. The predicted molar refractivity (Wildman–Crippen MR) is 58.7 cm³/mol. The minimum Gasteiger partial charge on any atom is -0.444 e. The van der Waals surface area contributed by atoms with Crippen molar-refractivity contribution in [1.82, 2.24) is 4.90 Å². The molecule has 0 N–H and O–H groups in total. The molecule has 0 unspecified atom stereocenters. The number of rotatable bonds is 0. The van der Waals surface area contributed by atoms with Crippen LogP contribution in [0.2, 0.25) is 0 Å². The van der Waals surface area contributed by atoms with Crippen molar-refractivity contribution < 1.29 is 43.8 Å². The molecule has 0 saturated carbocycles. The van der Waals surface area contributed by atoms with Crippen molar-refractivity contribution in [3.8, 4) is 0 Å². The molecule has 1 fully saturated rings. The van der Waals surface area contributed by atoms with E-state index in [2.05, 4.69) is 0 Å². The zero-order valence-corrected chi connectivity index (χ0v) is 12.8. The van der Waals surface area contributed by atoms with E-state index < -0.39 is 5.60 Å². The second-order valence-electron chi connectivity index (χ2n) is 4.17. The van der Waals surface area contributed by atoms with Crippen LogP contribution >= 0.6 is 0 Å². The summed E-state index contributed by atoms with van der Waals surface area (Å²) in [5.41, 5.74) is 13.1. The van der Waals surface area contributed by atoms with Crippen LogP contribution in [0.5, 0.6) is 0 Å². The molecule has 0 atom stereocenters. The number of hydrogen-bond donors (Lipinski definition) is 0. The first-order chi connectivity index (χ1) is 7.40. The maximum absolute atomic E-state index is 11.5. The van der Waals surface area contributed by atoms with Crippen LogP contribution in [0.25, 0.3) is 16.0 Å². The number of carbonyl (C=O) groups is 1. The molecular weight excluding hydrogens is 235 g/mol. The summed E-state index contributed by atoms with van der Waals surface area (Å²) in [7, 11) is 0. The van der Waals surface area contributed by atoms with Gasteiger partial charge < -0.3 is 25.4 Å². The summed E-state index contributed by atoms with van der Waals surface area (Å²) in [6.07, 6.45) is -0.240. The van der Waals surface area contributed by atoms with E-state index >= 15 is 0 Å². The Morgan fingerprint density at radius 2 is 1.71 bits per heavy atom. The minimum atomic E-state index is -0.407. The van der Waals surface area contributed by atoms with Crippen LogP contribution in [0.1, 0.15) is 20.8 Å². The third kappa shape index (κ3) is 10.4. The minimum absolute atomic E-state index is 0. The van der Waals surface area contributed by atoms with Crippen molar-refractivity contribution in [2.75, 3.05) is 26.3 Å². The second-order valence-corrected chi connectivity index (χ2v) is 4.17. The molecule has 1 heterocycles. The van der Waals surface area contributed by atoms with E-state index in [1.165, 1.54) is 4.91 Å². The van der Waals surface area contributed by atoms with Crippen LogP contribution in [0.15, 0.2) is 0 Å². The maximum atomic E-state index is 11.5. The SMILES string of the molecule is CC(C)(C)OC(=O)N1CCOCC1.[N-]=[N+]=[N-].[Na+]. The maximum Gasteiger partial charge on any atom is 1.00 e. The fraction of sp³-hybridized carbons (Fsp3) is 0.889. The molecule has 0 aromatic heterocycles. The van der Waals surface area contributed by atoms with E-state index in [1.807, 2.05) is 20.8 Å². The number of hydrogen-bond acceptors (Lipinski definition) is 3. The van der Waals surface area contributed by atoms with E-state index in [1.54, 1.807) is 4.90 Å². The Balaban J connectivity index is 0. The van der Waals surface area contributed by atoms with Crippen LogP contribution in [0, 0.1) is 0 Å². The third-order valence-electron chi connectivity index (χ3n) is 1.66. The van der Waals surface area contributed by atoms with Gasteiger partial charge in [-0.1, -0.05) is 0 Å². The molecule has 1 aliphatic heterocycles. The van der Waals surface area contributed by atoms with Crippen LogP contribution in [-0.2, 0) is 9.47 Å². The molecule has 1 amide bonds. The van der Waals surface area contributed by atoms with Crippen LogP contribution in [-0.4, -0.2) is 42.9 Å². The molecule has 7 nitrogen and oxygen atoms in total. The summed E-state index contributed by atoms with van der Waals surface area (Å²) in [6, 6.07) is 0. The van der Waals surface area contributed by atoms with Gasteiger partial charge >= 0.3 is 35.7 Å². The van der Waals surface area contributed by atoms with Crippen LogP contribution in [0.3, 0.4) is 0 Å². The van der Waals surface area contributed by atoms with Crippen LogP contribution < -0.4 is 29.6 Å². The fourth-order valence-electron chi connectivity index (χ4n) is 1.07. The van der Waals surface area contributed by atoms with E-state index in [0.29, 0.717) is 26.3 Å². The standard InChI is InChI=1S/C9H17NO3.N3.Na/c1-9(2,3)13-8(11)10-4-6-12-7-5-10;1-3-2;/h4-7H2,1-3H3;;/q;-1;+1. The Hall–Kier alpha value is -0.460. The number of nitrogens with zero attached hydrogens (tertiary/aromatic N) is 4. The third-order valence-corrected chi connectivity index (χ3v) is 1.66. The van der Waals surface area contributed by atoms with Crippen molar-refractivity contribution in [2.24, 2.45) is 0 Å². The monoisotopic (exact) mass is 252 g/mol. The van der Waals surface area contributed by atoms with Crippen molar-refractivity contribution in [3.63, 3.8) is 0 Å². The molecule has 92 valence electrons. The van der Waals surface area contributed by atoms with E-state index in [-0.39, 0.29) is 35.7 Å². The molecule has 0 aliphatic carbocycles. The van der Waals surface area contributed by atoms with Gasteiger partial charge in [-0.05, 0) is 20.8 Å². The molecule has 0 aromatic rings. The normalized spacial score (nSPS) is 14.6. The first kappa shape index (κ1) is 18.9. The van der Waals surface area contributed by atoms with Crippen molar-refractivity contribution in [3.05, 3.63) is 16.0 Å². The predicted octanol–water partition coefficient (Wildman–Crippen LogP) is -0.876. The smallest absolute Gasteiger partial charge is 0.444 e. The molecular formula is C9H17N4NaO3. The van der Waals surface area contributed by atoms with E-state index in [0.717, 1.165) is 0 Å². The molecule has 1 aliphatic rings. The summed E-state index contributed by atoms with van der Waals surface area (Å²) in [4.78, 5) is 14.6. The van der Waals surface area contributed by atoms with Gasteiger partial charge in [0.1, 0.15) is 5.60 Å². The van der Waals surface area contributed by atoms with Crippen molar-refractivity contribution in [1.29, 1.82) is 0 Å². The number of morpholine rings is 1. The zero-order valence-electron chi connectivity index (χ0n) is 10.8. The average Bonchev–Trinajstić information content (AvgIpc) is 2.18. The van der Waals surface area contributed by atoms with Gasteiger partial charge in [0.15, 0.2) is 0 Å². The van der Waals surface area contributed by atoms with Gasteiger partial charge in [0.05, 0.1) is 13.2 Å². The van der Waals surface area contributed by atoms with Gasteiger partial charge in [-0.25, -0.2) is 4.79 Å². The molecule has 8 heteroatoms. The Labute approximate surface area is 123 Å². The second kappa shape index (κ2) is 9.56. The molecule has 17 heavy (non-hydrogen) atoms. The van der Waals surface area contributed by atoms with Gasteiger partial charge in [-0.15, -0.1) is 0 Å². The summed E-state index contributed by atoms with van der Waals surface area (Å²) >= 11 is 0. The number of ether oxygens (including phenoxy) is 2. The van der Waals surface area contributed by atoms with Crippen molar-refractivity contribution >= 4 is 6.09 Å². The van der Waals surface area contributed by atoms with Crippen LogP contribution in [0.4, 0.5) is 4.79 Å². The van der Waals surface area contributed by atoms with Gasteiger partial charge in [0.25, 0.3) is 0 Å². The van der Waals surface area contributed by atoms with Crippen molar-refractivity contribution in [2.45, 2.75) is 26.4 Å². The summed E-state index contributed by atoms with van der Waals surface area (Å²) in [5, 5.41) is 0. The number of amides is 1.